The lowest BCUT2D eigenvalue weighted by Gasteiger charge is -2.02. The van der Waals surface area contributed by atoms with Gasteiger partial charge in [-0.15, -0.1) is 0 Å². The molecule has 5 nitrogen and oxygen atoms in total. The number of hydrogen-bond donors (Lipinski definition) is 1. The van der Waals surface area contributed by atoms with Crippen LogP contribution >= 0.6 is 0 Å². The molecule has 0 fully saturated rings. The van der Waals surface area contributed by atoms with Crippen molar-refractivity contribution in [2.45, 2.75) is 0 Å². The molecule has 0 saturated heterocycles. The van der Waals surface area contributed by atoms with Crippen LogP contribution in [0.25, 0.3) is 0 Å². The molecule has 0 saturated carbocycles. The summed E-state index contributed by atoms with van der Waals surface area (Å²) in [6, 6.07) is 8.32. The Labute approximate surface area is 87.2 Å². The smallest absolute Gasteiger partial charge is 0.270 e. The van der Waals surface area contributed by atoms with Crippen LogP contribution in [0.15, 0.2) is 35.3 Å². The molecule has 1 N–H and O–H groups in total. The van der Waals surface area contributed by atoms with Gasteiger partial charge < -0.3 is 0 Å². The predicted molar refractivity (Wildman–Crippen MR) is 55.5 cm³/mol. The van der Waals surface area contributed by atoms with Crippen LogP contribution in [0.1, 0.15) is 5.56 Å². The van der Waals surface area contributed by atoms with Crippen molar-refractivity contribution in [3.63, 3.8) is 0 Å². The molecular formula is C9H9NO4S. The minimum Gasteiger partial charge on any atom is -0.285 e. The van der Waals surface area contributed by atoms with Crippen LogP contribution in [0.2, 0.25) is 0 Å². The Morgan fingerprint density at radius 3 is 2.40 bits per heavy atom. The molecule has 0 aliphatic carbocycles. The number of aliphatic imine (C=N–C) groups is 1. The highest BCUT2D eigenvalue weighted by atomic mass is 32.2. The van der Waals surface area contributed by atoms with E-state index in [2.05, 4.69) is 4.99 Å². The van der Waals surface area contributed by atoms with Gasteiger partial charge in [0.25, 0.3) is 10.1 Å². The summed E-state index contributed by atoms with van der Waals surface area (Å²) in [5, 5.41) is 0. The summed E-state index contributed by atoms with van der Waals surface area (Å²) in [6.07, 6.45) is 0.244. The Kier molecular flexibility index (Phi) is 3.70. The zero-order valence-corrected chi connectivity index (χ0v) is 8.52. The molecule has 6 heteroatoms. The molecule has 0 radical (unpaired) electrons. The van der Waals surface area contributed by atoms with E-state index in [0.29, 0.717) is 5.56 Å². The van der Waals surface area contributed by atoms with E-state index in [1.165, 1.54) is 0 Å². The van der Waals surface area contributed by atoms with Gasteiger partial charge >= 0.3 is 0 Å². The Hall–Kier alpha value is -1.53. The van der Waals surface area contributed by atoms with E-state index in [-0.39, 0.29) is 12.1 Å². The van der Waals surface area contributed by atoms with Crippen LogP contribution in [-0.4, -0.2) is 30.8 Å². The zero-order valence-electron chi connectivity index (χ0n) is 7.70. The van der Waals surface area contributed by atoms with Gasteiger partial charge in [-0.2, -0.15) is 8.42 Å². The van der Waals surface area contributed by atoms with Crippen molar-refractivity contribution >= 4 is 22.2 Å². The lowest BCUT2D eigenvalue weighted by Crippen LogP contribution is -2.16. The number of carbonyl (C=O) groups is 1. The normalized spacial score (nSPS) is 12.5. The van der Waals surface area contributed by atoms with Gasteiger partial charge in [-0.25, -0.2) is 4.99 Å². The first-order chi connectivity index (χ1) is 7.03. The summed E-state index contributed by atoms with van der Waals surface area (Å²) < 4.78 is 29.9. The number of nitrogens with zero attached hydrogens (tertiary/aromatic N) is 1. The van der Waals surface area contributed by atoms with E-state index in [1.54, 1.807) is 30.3 Å². The second-order valence-corrected chi connectivity index (χ2v) is 4.23. The van der Waals surface area contributed by atoms with Crippen LogP contribution in [0.4, 0.5) is 0 Å². The Balaban J connectivity index is 3.06. The highest BCUT2D eigenvalue weighted by Gasteiger charge is 2.12. The number of benzene rings is 1. The van der Waals surface area contributed by atoms with Gasteiger partial charge in [-0.3, -0.25) is 9.35 Å². The fourth-order valence-corrected chi connectivity index (χ4v) is 1.65. The fraction of sp³-hybridized carbons (Fsp3) is 0.111. The Morgan fingerprint density at radius 2 is 1.93 bits per heavy atom. The summed E-state index contributed by atoms with van der Waals surface area (Å²) in [4.78, 5) is 13.6. The molecule has 0 atom stereocenters. The quantitative estimate of drug-likeness (QED) is 0.461. The lowest BCUT2D eigenvalue weighted by atomic mass is 10.1. The number of amides is 1. The molecule has 0 aromatic heterocycles. The van der Waals surface area contributed by atoms with E-state index in [1.807, 2.05) is 0 Å². The van der Waals surface area contributed by atoms with Gasteiger partial charge in [0.2, 0.25) is 6.41 Å². The third-order valence-corrected chi connectivity index (χ3v) is 2.27. The average Bonchev–Trinajstić information content (AvgIpc) is 2.17. The van der Waals surface area contributed by atoms with Gasteiger partial charge in [0, 0.05) is 0 Å². The molecule has 1 rings (SSSR count). The van der Waals surface area contributed by atoms with Crippen LogP contribution in [0, 0.1) is 0 Å². The van der Waals surface area contributed by atoms with E-state index >= 15 is 0 Å². The van der Waals surface area contributed by atoms with Gasteiger partial charge in [0.05, 0.1) is 5.71 Å². The van der Waals surface area contributed by atoms with Crippen molar-refractivity contribution in [1.29, 1.82) is 0 Å². The first-order valence-electron chi connectivity index (χ1n) is 4.04. The SMILES string of the molecule is O=CN=C(CS(=O)(=O)O)c1ccccc1. The van der Waals surface area contributed by atoms with Crippen LogP contribution in [0.3, 0.4) is 0 Å². The lowest BCUT2D eigenvalue weighted by molar-refractivity contribution is -0.106. The second kappa shape index (κ2) is 4.81. The number of carbonyl (C=O) groups excluding carboxylic acids is 1. The van der Waals surface area contributed by atoms with Crippen LogP contribution < -0.4 is 0 Å². The second-order valence-electron chi connectivity index (χ2n) is 2.77. The van der Waals surface area contributed by atoms with Crippen molar-refractivity contribution in [2.75, 3.05) is 5.75 Å². The summed E-state index contributed by atoms with van der Waals surface area (Å²) >= 11 is 0. The molecular weight excluding hydrogens is 218 g/mol. The standard InChI is InChI=1S/C9H9NO4S/c11-7-10-9(6-15(12,13)14)8-4-2-1-3-5-8/h1-5,7H,6H2,(H,12,13,14). The predicted octanol–water partition coefficient (Wildman–Crippen LogP) is 0.520. The van der Waals surface area contributed by atoms with Crippen molar-refractivity contribution in [3.8, 4) is 0 Å². The maximum Gasteiger partial charge on any atom is 0.270 e. The van der Waals surface area contributed by atoms with E-state index in [0.717, 1.165) is 0 Å². The molecule has 15 heavy (non-hydrogen) atoms. The molecule has 0 aliphatic heterocycles. The highest BCUT2D eigenvalue weighted by molar-refractivity contribution is 7.86. The number of rotatable bonds is 4. The first kappa shape index (κ1) is 11.5. The van der Waals surface area contributed by atoms with Crippen molar-refractivity contribution < 1.29 is 17.8 Å². The molecule has 0 aliphatic rings. The van der Waals surface area contributed by atoms with E-state index < -0.39 is 15.9 Å². The van der Waals surface area contributed by atoms with Gasteiger partial charge in [-0.1, -0.05) is 30.3 Å². The monoisotopic (exact) mass is 227 g/mol. The maximum atomic E-state index is 10.6. The molecule has 0 spiro atoms. The van der Waals surface area contributed by atoms with Gasteiger partial charge in [0.1, 0.15) is 5.75 Å². The average molecular weight is 227 g/mol. The summed E-state index contributed by atoms with van der Waals surface area (Å²) in [6.45, 7) is 0. The first-order valence-corrected chi connectivity index (χ1v) is 5.65. The zero-order chi connectivity index (χ0) is 11.3. The Bertz CT molecular complexity index is 464. The van der Waals surface area contributed by atoms with Crippen molar-refractivity contribution in [3.05, 3.63) is 35.9 Å². The minimum atomic E-state index is -4.18. The van der Waals surface area contributed by atoms with Crippen LogP contribution in [-0.2, 0) is 14.9 Å². The summed E-state index contributed by atoms with van der Waals surface area (Å²) in [5.41, 5.74) is 0.510. The van der Waals surface area contributed by atoms with Gasteiger partial charge in [-0.05, 0) is 5.56 Å². The third kappa shape index (κ3) is 4.01. The molecule has 80 valence electrons. The molecule has 0 unspecified atom stereocenters. The molecule has 1 amide bonds. The largest absolute Gasteiger partial charge is 0.285 e. The maximum absolute atomic E-state index is 10.6. The third-order valence-electron chi connectivity index (χ3n) is 1.63. The molecule has 0 heterocycles. The van der Waals surface area contributed by atoms with E-state index in [4.69, 9.17) is 4.55 Å². The molecule has 1 aromatic rings. The summed E-state index contributed by atoms with van der Waals surface area (Å²) in [7, 11) is -4.18. The summed E-state index contributed by atoms with van der Waals surface area (Å²) in [5.74, 6) is -0.671. The van der Waals surface area contributed by atoms with Crippen LogP contribution in [0.5, 0.6) is 0 Å². The molecule has 1 aromatic carbocycles. The topological polar surface area (TPSA) is 83.8 Å². The number of hydrogen-bond acceptors (Lipinski definition) is 3. The fourth-order valence-electron chi connectivity index (χ4n) is 1.06. The van der Waals surface area contributed by atoms with E-state index in [9.17, 15) is 13.2 Å². The molecule has 0 bridgehead atoms. The van der Waals surface area contributed by atoms with Crippen molar-refractivity contribution in [2.24, 2.45) is 4.99 Å². The van der Waals surface area contributed by atoms with Crippen molar-refractivity contribution in [1.82, 2.24) is 0 Å². The highest BCUT2D eigenvalue weighted by Crippen LogP contribution is 2.03. The Morgan fingerprint density at radius 1 is 1.33 bits per heavy atom. The minimum absolute atomic E-state index is 0.0214. The van der Waals surface area contributed by atoms with Gasteiger partial charge in [0.15, 0.2) is 0 Å².